The molecule has 0 bridgehead atoms. The van der Waals surface area contributed by atoms with Gasteiger partial charge in [-0.1, -0.05) is 112 Å². The molecule has 3 heteroatoms. The number of rotatable bonds is 7. The van der Waals surface area contributed by atoms with E-state index in [0.717, 1.165) is 39.8 Å². The lowest BCUT2D eigenvalue weighted by atomic mass is 9.86. The summed E-state index contributed by atoms with van der Waals surface area (Å²) in [6, 6.07) is 70.1. The zero-order valence-electron chi connectivity index (χ0n) is 30.3. The number of anilines is 6. The molecule has 0 aliphatic carbocycles. The highest BCUT2D eigenvalue weighted by Crippen LogP contribution is 2.42. The van der Waals surface area contributed by atoms with Crippen LogP contribution >= 0.6 is 0 Å². The third-order valence-corrected chi connectivity index (χ3v) is 10.3. The zero-order valence-corrected chi connectivity index (χ0v) is 30.3. The van der Waals surface area contributed by atoms with Crippen LogP contribution in [0.1, 0.15) is 26.3 Å². The molecule has 1 aromatic heterocycles. The molecule has 0 fully saturated rings. The number of para-hydroxylation sites is 3. The summed E-state index contributed by atoms with van der Waals surface area (Å²) in [7, 11) is 0. The monoisotopic (exact) mass is 683 g/mol. The fourth-order valence-corrected chi connectivity index (χ4v) is 7.59. The quantitative estimate of drug-likeness (QED) is 0.166. The van der Waals surface area contributed by atoms with E-state index < -0.39 is 0 Å². The second kappa shape index (κ2) is 13.2. The van der Waals surface area contributed by atoms with E-state index >= 15 is 0 Å². The Morgan fingerprint density at radius 1 is 0.358 bits per heavy atom. The van der Waals surface area contributed by atoms with Crippen molar-refractivity contribution in [2.75, 3.05) is 9.80 Å². The largest absolute Gasteiger partial charge is 0.311 e. The zero-order chi connectivity index (χ0) is 35.9. The smallest absolute Gasteiger partial charge is 0.0542 e. The molecule has 0 atom stereocenters. The van der Waals surface area contributed by atoms with E-state index in [-0.39, 0.29) is 5.41 Å². The van der Waals surface area contributed by atoms with Gasteiger partial charge in [-0.2, -0.15) is 0 Å². The minimum absolute atomic E-state index is 0.0222. The molecule has 256 valence electrons. The summed E-state index contributed by atoms with van der Waals surface area (Å²) in [5.74, 6) is 0. The molecule has 0 aliphatic rings. The summed E-state index contributed by atoms with van der Waals surface area (Å²) in [5, 5.41) is 4.97. The molecular weight excluding hydrogens is 643 g/mol. The molecule has 0 aliphatic heterocycles. The van der Waals surface area contributed by atoms with Gasteiger partial charge in [0.2, 0.25) is 0 Å². The minimum atomic E-state index is 0.0222. The standard InChI is InChI=1S/C50H41N3/c1-50(2,3)38-24-31-48-46(34-38)47-35-45(30-32-49(47)53(48)44-25-23-36-15-13-14-16-37(36)33-44)52(41-21-11-6-12-22-41)43-28-26-42(27-29-43)51(39-17-7-4-8-18-39)40-19-9-5-10-20-40/h4-35H,1-3H3. The van der Waals surface area contributed by atoms with Gasteiger partial charge in [-0.25, -0.2) is 0 Å². The van der Waals surface area contributed by atoms with Crippen LogP contribution in [-0.4, -0.2) is 4.57 Å². The van der Waals surface area contributed by atoms with Crippen LogP contribution in [0.5, 0.6) is 0 Å². The minimum Gasteiger partial charge on any atom is -0.311 e. The van der Waals surface area contributed by atoms with E-state index in [1.54, 1.807) is 0 Å². The first kappa shape index (κ1) is 32.3. The van der Waals surface area contributed by atoms with Crippen LogP contribution in [0.2, 0.25) is 0 Å². The molecule has 0 saturated carbocycles. The highest BCUT2D eigenvalue weighted by atomic mass is 15.2. The third kappa shape index (κ3) is 6.00. The highest BCUT2D eigenvalue weighted by Gasteiger charge is 2.21. The summed E-state index contributed by atoms with van der Waals surface area (Å²) in [4.78, 5) is 4.67. The summed E-state index contributed by atoms with van der Waals surface area (Å²) in [6.45, 7) is 6.87. The van der Waals surface area contributed by atoms with Crippen molar-refractivity contribution in [3.63, 3.8) is 0 Å². The molecule has 0 unspecified atom stereocenters. The van der Waals surface area contributed by atoms with Crippen LogP contribution in [0.25, 0.3) is 38.3 Å². The third-order valence-electron chi connectivity index (χ3n) is 10.3. The predicted octanol–water partition coefficient (Wildman–Crippen LogP) is 14.2. The van der Waals surface area contributed by atoms with Gasteiger partial charge >= 0.3 is 0 Å². The molecule has 9 rings (SSSR count). The van der Waals surface area contributed by atoms with Crippen LogP contribution in [0.4, 0.5) is 34.1 Å². The summed E-state index contributed by atoms with van der Waals surface area (Å²) >= 11 is 0. The maximum atomic E-state index is 2.43. The SMILES string of the molecule is CC(C)(C)c1ccc2c(c1)c1cc(N(c3ccccc3)c3ccc(N(c4ccccc4)c4ccccc4)cc3)ccc1n2-c1ccc2ccccc2c1. The Morgan fingerprint density at radius 2 is 0.792 bits per heavy atom. The van der Waals surface area contributed by atoms with Crippen LogP contribution in [0, 0.1) is 0 Å². The van der Waals surface area contributed by atoms with Gasteiger partial charge in [0.05, 0.1) is 11.0 Å². The molecular formula is C50H41N3. The van der Waals surface area contributed by atoms with Gasteiger partial charge in [0.1, 0.15) is 0 Å². The first-order valence-corrected chi connectivity index (χ1v) is 18.4. The van der Waals surface area contributed by atoms with E-state index in [2.05, 4.69) is 229 Å². The van der Waals surface area contributed by atoms with Crippen molar-refractivity contribution in [1.82, 2.24) is 4.57 Å². The Hall–Kier alpha value is -6.58. The number of aromatic nitrogens is 1. The topological polar surface area (TPSA) is 11.4 Å². The fourth-order valence-electron chi connectivity index (χ4n) is 7.59. The Labute approximate surface area is 311 Å². The van der Waals surface area contributed by atoms with Gasteiger partial charge in [0, 0.05) is 50.6 Å². The summed E-state index contributed by atoms with van der Waals surface area (Å²) in [6.07, 6.45) is 0. The molecule has 8 aromatic carbocycles. The van der Waals surface area contributed by atoms with Crippen LogP contribution in [-0.2, 0) is 5.41 Å². The van der Waals surface area contributed by atoms with Crippen molar-refractivity contribution in [3.05, 3.63) is 200 Å². The van der Waals surface area contributed by atoms with Gasteiger partial charge in [-0.05, 0) is 125 Å². The van der Waals surface area contributed by atoms with Gasteiger partial charge in [-0.3, -0.25) is 0 Å². The Morgan fingerprint density at radius 3 is 1.34 bits per heavy atom. The van der Waals surface area contributed by atoms with Crippen LogP contribution in [0.3, 0.4) is 0 Å². The average molecular weight is 684 g/mol. The van der Waals surface area contributed by atoms with Gasteiger partial charge in [0.15, 0.2) is 0 Å². The molecule has 0 radical (unpaired) electrons. The lowest BCUT2D eigenvalue weighted by molar-refractivity contribution is 0.591. The predicted molar refractivity (Wildman–Crippen MR) is 226 cm³/mol. The molecule has 53 heavy (non-hydrogen) atoms. The number of fused-ring (bicyclic) bond motifs is 4. The molecule has 0 spiro atoms. The average Bonchev–Trinajstić information content (AvgIpc) is 3.53. The van der Waals surface area contributed by atoms with Crippen LogP contribution in [0.15, 0.2) is 194 Å². The van der Waals surface area contributed by atoms with Gasteiger partial charge in [0.25, 0.3) is 0 Å². The fraction of sp³-hybridized carbons (Fsp3) is 0.0800. The van der Waals surface area contributed by atoms with E-state index in [9.17, 15) is 0 Å². The molecule has 1 heterocycles. The van der Waals surface area contributed by atoms with Crippen molar-refractivity contribution in [3.8, 4) is 5.69 Å². The molecule has 0 N–H and O–H groups in total. The van der Waals surface area contributed by atoms with Crippen molar-refractivity contribution in [2.24, 2.45) is 0 Å². The maximum Gasteiger partial charge on any atom is 0.0542 e. The van der Waals surface area contributed by atoms with E-state index in [1.807, 2.05) is 0 Å². The lowest BCUT2D eigenvalue weighted by Gasteiger charge is -2.28. The first-order valence-electron chi connectivity index (χ1n) is 18.4. The van der Waals surface area contributed by atoms with Crippen molar-refractivity contribution in [2.45, 2.75) is 26.2 Å². The normalized spacial score (nSPS) is 11.7. The molecule has 0 saturated heterocycles. The Kier molecular flexibility index (Phi) is 8.05. The van der Waals surface area contributed by atoms with Gasteiger partial charge in [-0.15, -0.1) is 0 Å². The lowest BCUT2D eigenvalue weighted by Crippen LogP contribution is -2.12. The molecule has 9 aromatic rings. The second-order valence-corrected chi connectivity index (χ2v) is 14.7. The van der Waals surface area contributed by atoms with Crippen molar-refractivity contribution >= 4 is 66.7 Å². The summed E-state index contributed by atoms with van der Waals surface area (Å²) < 4.78 is 2.43. The van der Waals surface area contributed by atoms with Crippen molar-refractivity contribution < 1.29 is 0 Å². The summed E-state index contributed by atoms with van der Waals surface area (Å²) in [5.41, 5.74) is 11.6. The van der Waals surface area contributed by atoms with E-state index in [0.29, 0.717) is 0 Å². The first-order chi connectivity index (χ1) is 25.9. The number of benzene rings is 8. The Bertz CT molecular complexity index is 2650. The Balaban J connectivity index is 1.21. The number of hydrogen-bond donors (Lipinski definition) is 0. The number of nitrogens with zero attached hydrogens (tertiary/aromatic N) is 3. The second-order valence-electron chi connectivity index (χ2n) is 14.7. The van der Waals surface area contributed by atoms with E-state index in [4.69, 9.17) is 0 Å². The van der Waals surface area contributed by atoms with Crippen LogP contribution < -0.4 is 9.80 Å². The van der Waals surface area contributed by atoms with Gasteiger partial charge < -0.3 is 14.4 Å². The molecule has 0 amide bonds. The highest BCUT2D eigenvalue weighted by molar-refractivity contribution is 6.11. The van der Waals surface area contributed by atoms with Crippen molar-refractivity contribution in [1.29, 1.82) is 0 Å². The maximum absolute atomic E-state index is 2.43. The molecule has 3 nitrogen and oxygen atoms in total. The van der Waals surface area contributed by atoms with E-state index in [1.165, 1.54) is 38.1 Å². The number of hydrogen-bond acceptors (Lipinski definition) is 2.